The third-order valence-electron chi connectivity index (χ3n) is 2.70. The van der Waals surface area contributed by atoms with Gasteiger partial charge in [-0.25, -0.2) is 0 Å². The largest absolute Gasteiger partial charge is 0.399 e. The molecule has 0 spiro atoms. The van der Waals surface area contributed by atoms with E-state index in [4.69, 9.17) is 10.5 Å². The molecule has 0 bridgehead atoms. The average molecular weight is 239 g/mol. The predicted molar refractivity (Wildman–Crippen MR) is 65.5 cm³/mol. The molecule has 0 heterocycles. The van der Waals surface area contributed by atoms with Gasteiger partial charge in [0.2, 0.25) is 0 Å². The fraction of sp³-hybridized carbons (Fsp3) is 0.500. The van der Waals surface area contributed by atoms with Gasteiger partial charge >= 0.3 is 0 Å². The van der Waals surface area contributed by atoms with Gasteiger partial charge in [-0.3, -0.25) is 4.21 Å². The molecule has 0 amide bonds. The first-order valence-corrected chi connectivity index (χ1v) is 6.81. The molecule has 3 nitrogen and oxygen atoms in total. The highest BCUT2D eigenvalue weighted by atomic mass is 32.2. The van der Waals surface area contributed by atoms with E-state index < -0.39 is 10.8 Å². The molecule has 1 aliphatic rings. The van der Waals surface area contributed by atoms with Gasteiger partial charge in [0.15, 0.2) is 0 Å². The van der Waals surface area contributed by atoms with E-state index in [1.807, 2.05) is 19.1 Å². The summed E-state index contributed by atoms with van der Waals surface area (Å²) < 4.78 is 17.4. The molecule has 1 saturated carbocycles. The Bertz CT molecular complexity index is 402. The Labute approximate surface area is 98.4 Å². The molecule has 1 aliphatic carbocycles. The predicted octanol–water partition coefficient (Wildman–Crippen LogP) is 2.07. The molecule has 0 saturated heterocycles. The third kappa shape index (κ3) is 3.06. The van der Waals surface area contributed by atoms with Crippen LogP contribution in [0.4, 0.5) is 5.69 Å². The van der Waals surface area contributed by atoms with Crippen molar-refractivity contribution in [2.75, 3.05) is 18.3 Å². The van der Waals surface area contributed by atoms with Gasteiger partial charge in [-0.1, -0.05) is 6.07 Å². The van der Waals surface area contributed by atoms with Crippen molar-refractivity contribution in [2.24, 2.45) is 5.92 Å². The van der Waals surface area contributed by atoms with Crippen LogP contribution in [-0.2, 0) is 15.5 Å². The third-order valence-corrected chi connectivity index (χ3v) is 4.01. The quantitative estimate of drug-likeness (QED) is 0.800. The van der Waals surface area contributed by atoms with Crippen LogP contribution in [0.1, 0.15) is 18.4 Å². The number of ether oxygens (including phenoxy) is 1. The standard InChI is InChI=1S/C12H17NO2S/c1-9-2-5-11(13)6-12(9)16(14)8-15-7-10-3-4-10/h2,5-6,10H,3-4,7-8,13H2,1H3. The van der Waals surface area contributed by atoms with E-state index in [0.29, 0.717) is 11.6 Å². The molecule has 0 radical (unpaired) electrons. The maximum absolute atomic E-state index is 12.0. The molecule has 2 rings (SSSR count). The second kappa shape index (κ2) is 4.97. The molecular weight excluding hydrogens is 222 g/mol. The highest BCUT2D eigenvalue weighted by Gasteiger charge is 2.21. The minimum Gasteiger partial charge on any atom is -0.399 e. The number of aryl methyl sites for hydroxylation is 1. The van der Waals surface area contributed by atoms with Crippen LogP contribution in [0.15, 0.2) is 23.1 Å². The number of nitrogen functional groups attached to an aromatic ring is 1. The highest BCUT2D eigenvalue weighted by molar-refractivity contribution is 7.84. The zero-order valence-corrected chi connectivity index (χ0v) is 10.3. The first-order chi connectivity index (χ1) is 7.66. The number of benzene rings is 1. The Balaban J connectivity index is 1.93. The Morgan fingerprint density at radius 1 is 1.50 bits per heavy atom. The van der Waals surface area contributed by atoms with Crippen LogP contribution in [-0.4, -0.2) is 16.8 Å². The fourth-order valence-corrected chi connectivity index (χ4v) is 2.57. The molecule has 88 valence electrons. The summed E-state index contributed by atoms with van der Waals surface area (Å²) in [6, 6.07) is 5.48. The molecule has 16 heavy (non-hydrogen) atoms. The molecule has 1 aromatic carbocycles. The van der Waals surface area contributed by atoms with Crippen molar-refractivity contribution in [3.8, 4) is 0 Å². The van der Waals surface area contributed by atoms with Crippen molar-refractivity contribution in [1.82, 2.24) is 0 Å². The lowest BCUT2D eigenvalue weighted by Gasteiger charge is -2.07. The zero-order chi connectivity index (χ0) is 11.5. The highest BCUT2D eigenvalue weighted by Crippen LogP contribution is 2.29. The second-order valence-corrected chi connectivity index (χ2v) is 5.67. The molecule has 1 unspecified atom stereocenters. The molecule has 1 fully saturated rings. The number of hydrogen-bond acceptors (Lipinski definition) is 3. The lowest BCUT2D eigenvalue weighted by atomic mass is 10.2. The lowest BCUT2D eigenvalue weighted by molar-refractivity contribution is 0.168. The molecule has 1 aromatic rings. The summed E-state index contributed by atoms with van der Waals surface area (Å²) in [6.07, 6.45) is 2.51. The Hall–Kier alpha value is -0.870. The second-order valence-electron chi connectivity index (χ2n) is 4.30. The molecule has 2 N–H and O–H groups in total. The summed E-state index contributed by atoms with van der Waals surface area (Å²) in [5.41, 5.74) is 7.33. The Kier molecular flexibility index (Phi) is 3.61. The summed E-state index contributed by atoms with van der Waals surface area (Å²) in [5, 5.41) is 0. The average Bonchev–Trinajstić information content (AvgIpc) is 3.05. The summed E-state index contributed by atoms with van der Waals surface area (Å²) in [4.78, 5) is 0.788. The molecule has 1 atom stereocenters. The summed E-state index contributed by atoms with van der Waals surface area (Å²) in [6.45, 7) is 2.68. The maximum Gasteiger partial charge on any atom is 0.126 e. The normalized spacial score (nSPS) is 17.3. The van der Waals surface area contributed by atoms with Gasteiger partial charge < -0.3 is 10.5 Å². The van der Waals surface area contributed by atoms with Gasteiger partial charge in [0.05, 0.1) is 17.4 Å². The molecule has 0 aromatic heterocycles. The summed E-state index contributed by atoms with van der Waals surface area (Å²) >= 11 is 0. The van der Waals surface area contributed by atoms with Gasteiger partial charge in [0.25, 0.3) is 0 Å². The van der Waals surface area contributed by atoms with Crippen molar-refractivity contribution < 1.29 is 8.95 Å². The van der Waals surface area contributed by atoms with E-state index in [9.17, 15) is 4.21 Å². The summed E-state index contributed by atoms with van der Waals surface area (Å²) in [5.74, 6) is 0.986. The first-order valence-electron chi connectivity index (χ1n) is 5.49. The SMILES string of the molecule is Cc1ccc(N)cc1S(=O)COCC1CC1. The van der Waals surface area contributed by atoms with Crippen LogP contribution in [0.5, 0.6) is 0 Å². The van der Waals surface area contributed by atoms with Gasteiger partial charge in [-0.05, 0) is 43.4 Å². The Morgan fingerprint density at radius 2 is 2.25 bits per heavy atom. The van der Waals surface area contributed by atoms with Gasteiger partial charge in [0.1, 0.15) is 5.94 Å². The van der Waals surface area contributed by atoms with E-state index in [0.717, 1.165) is 17.1 Å². The maximum atomic E-state index is 12.0. The van der Waals surface area contributed by atoms with Crippen molar-refractivity contribution in [3.05, 3.63) is 23.8 Å². The van der Waals surface area contributed by atoms with Crippen LogP contribution in [0.25, 0.3) is 0 Å². The monoisotopic (exact) mass is 239 g/mol. The van der Waals surface area contributed by atoms with E-state index in [2.05, 4.69) is 0 Å². The van der Waals surface area contributed by atoms with Gasteiger partial charge in [-0.2, -0.15) is 0 Å². The number of rotatable bonds is 5. The molecular formula is C12H17NO2S. The van der Waals surface area contributed by atoms with Crippen molar-refractivity contribution >= 4 is 16.5 Å². The van der Waals surface area contributed by atoms with E-state index in [1.165, 1.54) is 12.8 Å². The lowest BCUT2D eigenvalue weighted by Crippen LogP contribution is -2.06. The Morgan fingerprint density at radius 3 is 2.94 bits per heavy atom. The first kappa shape index (κ1) is 11.6. The molecule has 0 aliphatic heterocycles. The van der Waals surface area contributed by atoms with Crippen molar-refractivity contribution in [3.63, 3.8) is 0 Å². The number of nitrogens with two attached hydrogens (primary N) is 1. The van der Waals surface area contributed by atoms with Crippen LogP contribution in [0.3, 0.4) is 0 Å². The van der Waals surface area contributed by atoms with Crippen molar-refractivity contribution in [1.29, 1.82) is 0 Å². The zero-order valence-electron chi connectivity index (χ0n) is 9.44. The molecule has 4 heteroatoms. The minimum atomic E-state index is -1.10. The van der Waals surface area contributed by atoms with Crippen LogP contribution in [0.2, 0.25) is 0 Å². The minimum absolute atomic E-state index is 0.279. The summed E-state index contributed by atoms with van der Waals surface area (Å²) in [7, 11) is -1.10. The number of hydrogen-bond donors (Lipinski definition) is 1. The van der Waals surface area contributed by atoms with Crippen molar-refractivity contribution in [2.45, 2.75) is 24.7 Å². The van der Waals surface area contributed by atoms with Crippen LogP contribution >= 0.6 is 0 Å². The van der Waals surface area contributed by atoms with Crippen LogP contribution < -0.4 is 5.73 Å². The van der Waals surface area contributed by atoms with Crippen LogP contribution in [0, 0.1) is 12.8 Å². The van der Waals surface area contributed by atoms with Gasteiger partial charge in [0, 0.05) is 10.6 Å². The van der Waals surface area contributed by atoms with E-state index in [-0.39, 0.29) is 5.94 Å². The fourth-order valence-electron chi connectivity index (χ4n) is 1.50. The van der Waals surface area contributed by atoms with E-state index in [1.54, 1.807) is 6.07 Å². The van der Waals surface area contributed by atoms with E-state index >= 15 is 0 Å². The smallest absolute Gasteiger partial charge is 0.126 e. The number of anilines is 1. The van der Waals surface area contributed by atoms with Gasteiger partial charge in [-0.15, -0.1) is 0 Å². The topological polar surface area (TPSA) is 52.3 Å².